The Morgan fingerprint density at radius 3 is 2.80 bits per heavy atom. The summed E-state index contributed by atoms with van der Waals surface area (Å²) in [5.74, 6) is 0.450. The zero-order valence-electron chi connectivity index (χ0n) is 9.65. The largest absolute Gasteiger partial charge is 0.393 e. The molecule has 0 amide bonds. The maximum atomic E-state index is 9.81. The number of aliphatic hydroxyl groups excluding tert-OH is 1. The summed E-state index contributed by atoms with van der Waals surface area (Å²) in [4.78, 5) is 2.25. The molecule has 15 heavy (non-hydrogen) atoms. The molecule has 0 aromatic heterocycles. The first-order valence-electron chi connectivity index (χ1n) is 5.97. The molecule has 3 heteroatoms. The van der Waals surface area contributed by atoms with Gasteiger partial charge >= 0.3 is 0 Å². The molecule has 1 rings (SSSR count). The summed E-state index contributed by atoms with van der Waals surface area (Å²) in [7, 11) is 2.08. The predicted molar refractivity (Wildman–Crippen MR) is 60.3 cm³/mol. The van der Waals surface area contributed by atoms with Crippen molar-refractivity contribution in [1.82, 2.24) is 4.90 Å². The Morgan fingerprint density at radius 1 is 1.40 bits per heavy atom. The van der Waals surface area contributed by atoms with Crippen molar-refractivity contribution >= 4 is 0 Å². The van der Waals surface area contributed by atoms with Crippen LogP contribution in [0.15, 0.2) is 0 Å². The second-order valence-electron chi connectivity index (χ2n) is 4.64. The Kier molecular flexibility index (Phi) is 5.67. The lowest BCUT2D eigenvalue weighted by atomic mass is 9.86. The van der Waals surface area contributed by atoms with Gasteiger partial charge < -0.3 is 10.0 Å². The molecule has 0 aromatic carbocycles. The Bertz CT molecular complexity index is 212. The smallest absolute Gasteiger partial charge is 0.0622 e. The topological polar surface area (TPSA) is 47.3 Å². The molecule has 0 spiro atoms. The second-order valence-corrected chi connectivity index (χ2v) is 4.64. The van der Waals surface area contributed by atoms with E-state index >= 15 is 0 Å². The molecule has 2 unspecified atom stereocenters. The van der Waals surface area contributed by atoms with Crippen molar-refractivity contribution in [1.29, 1.82) is 5.26 Å². The van der Waals surface area contributed by atoms with E-state index in [1.54, 1.807) is 0 Å². The quantitative estimate of drug-likeness (QED) is 0.703. The fourth-order valence-corrected chi connectivity index (χ4v) is 2.32. The van der Waals surface area contributed by atoms with E-state index in [1.807, 2.05) is 0 Å². The van der Waals surface area contributed by atoms with E-state index in [-0.39, 0.29) is 6.10 Å². The van der Waals surface area contributed by atoms with E-state index in [0.717, 1.165) is 32.4 Å². The van der Waals surface area contributed by atoms with Crippen molar-refractivity contribution in [3.05, 3.63) is 0 Å². The highest BCUT2D eigenvalue weighted by atomic mass is 16.3. The van der Waals surface area contributed by atoms with Crippen LogP contribution in [0.5, 0.6) is 0 Å². The lowest BCUT2D eigenvalue weighted by Crippen LogP contribution is -2.35. The van der Waals surface area contributed by atoms with E-state index in [0.29, 0.717) is 12.3 Å². The molecule has 0 bridgehead atoms. The van der Waals surface area contributed by atoms with Crippen LogP contribution in [0.1, 0.15) is 38.5 Å². The van der Waals surface area contributed by atoms with Gasteiger partial charge in [-0.25, -0.2) is 0 Å². The van der Waals surface area contributed by atoms with Crippen molar-refractivity contribution in [2.75, 3.05) is 20.1 Å². The number of rotatable bonds is 5. The van der Waals surface area contributed by atoms with Gasteiger partial charge in [0.05, 0.1) is 12.2 Å². The number of aliphatic hydroxyl groups is 1. The third kappa shape index (κ3) is 4.63. The van der Waals surface area contributed by atoms with E-state index in [2.05, 4.69) is 18.0 Å². The molecule has 1 saturated carbocycles. The molecular formula is C12H22N2O. The van der Waals surface area contributed by atoms with Crippen molar-refractivity contribution < 1.29 is 5.11 Å². The normalized spacial score (nSPS) is 26.5. The van der Waals surface area contributed by atoms with Crippen LogP contribution in [-0.2, 0) is 0 Å². The standard InChI is InChI=1S/C12H22N2O/c1-14(9-5-4-8-13)10-11-6-2-3-7-12(11)15/h11-12,15H,2-7,9-10H2,1H3. The lowest BCUT2D eigenvalue weighted by Gasteiger charge is -2.31. The van der Waals surface area contributed by atoms with E-state index in [1.165, 1.54) is 12.8 Å². The van der Waals surface area contributed by atoms with Crippen LogP contribution >= 0.6 is 0 Å². The fraction of sp³-hybridized carbons (Fsp3) is 0.917. The highest BCUT2D eigenvalue weighted by Crippen LogP contribution is 2.24. The van der Waals surface area contributed by atoms with E-state index in [4.69, 9.17) is 5.26 Å². The maximum Gasteiger partial charge on any atom is 0.0622 e. The van der Waals surface area contributed by atoms with Crippen LogP contribution < -0.4 is 0 Å². The Labute approximate surface area is 92.7 Å². The van der Waals surface area contributed by atoms with Crippen LogP contribution in [0.4, 0.5) is 0 Å². The minimum Gasteiger partial charge on any atom is -0.393 e. The highest BCUT2D eigenvalue weighted by molar-refractivity contribution is 4.77. The van der Waals surface area contributed by atoms with Crippen LogP contribution in [0.3, 0.4) is 0 Å². The first kappa shape index (κ1) is 12.5. The van der Waals surface area contributed by atoms with Gasteiger partial charge in [-0.2, -0.15) is 5.26 Å². The van der Waals surface area contributed by atoms with E-state index < -0.39 is 0 Å². The van der Waals surface area contributed by atoms with Crippen LogP contribution in [0, 0.1) is 17.2 Å². The lowest BCUT2D eigenvalue weighted by molar-refractivity contribution is 0.0513. The molecule has 0 saturated heterocycles. The van der Waals surface area contributed by atoms with Gasteiger partial charge in [-0.1, -0.05) is 12.8 Å². The van der Waals surface area contributed by atoms with Crippen LogP contribution in [0.25, 0.3) is 0 Å². The molecule has 86 valence electrons. The molecule has 3 nitrogen and oxygen atoms in total. The predicted octanol–water partition coefficient (Wildman–Crippen LogP) is 1.77. The summed E-state index contributed by atoms with van der Waals surface area (Å²) in [6.45, 7) is 1.95. The summed E-state index contributed by atoms with van der Waals surface area (Å²) in [5, 5.41) is 18.2. The van der Waals surface area contributed by atoms with E-state index in [9.17, 15) is 5.11 Å². The Hall–Kier alpha value is -0.590. The Morgan fingerprint density at radius 2 is 2.13 bits per heavy atom. The number of nitriles is 1. The Balaban J connectivity index is 2.18. The summed E-state index contributed by atoms with van der Waals surface area (Å²) in [5.41, 5.74) is 0. The number of unbranched alkanes of at least 4 members (excludes halogenated alkanes) is 1. The van der Waals surface area contributed by atoms with Crippen LogP contribution in [-0.4, -0.2) is 36.2 Å². The average Bonchev–Trinajstić information content (AvgIpc) is 2.22. The highest BCUT2D eigenvalue weighted by Gasteiger charge is 2.23. The third-order valence-electron chi connectivity index (χ3n) is 3.24. The maximum absolute atomic E-state index is 9.81. The van der Waals surface area contributed by atoms with Gasteiger partial charge in [-0.3, -0.25) is 0 Å². The summed E-state index contributed by atoms with van der Waals surface area (Å²) < 4.78 is 0. The van der Waals surface area contributed by atoms with Crippen molar-refractivity contribution in [2.24, 2.45) is 5.92 Å². The summed E-state index contributed by atoms with van der Waals surface area (Å²) in [6, 6.07) is 2.16. The summed E-state index contributed by atoms with van der Waals surface area (Å²) in [6.07, 6.45) is 6.04. The molecule has 1 aliphatic rings. The first-order valence-corrected chi connectivity index (χ1v) is 5.97. The van der Waals surface area contributed by atoms with Crippen molar-refractivity contribution in [2.45, 2.75) is 44.6 Å². The van der Waals surface area contributed by atoms with Gasteiger partial charge in [-0.15, -0.1) is 0 Å². The van der Waals surface area contributed by atoms with Gasteiger partial charge in [0.25, 0.3) is 0 Å². The third-order valence-corrected chi connectivity index (χ3v) is 3.24. The number of hydrogen-bond acceptors (Lipinski definition) is 3. The molecule has 0 aliphatic heterocycles. The van der Waals surface area contributed by atoms with Gasteiger partial charge in [0, 0.05) is 13.0 Å². The molecule has 1 N–H and O–H groups in total. The average molecular weight is 210 g/mol. The fourth-order valence-electron chi connectivity index (χ4n) is 2.32. The first-order chi connectivity index (χ1) is 7.24. The second kappa shape index (κ2) is 6.81. The van der Waals surface area contributed by atoms with Gasteiger partial charge in [0.1, 0.15) is 0 Å². The molecule has 2 atom stereocenters. The molecule has 1 fully saturated rings. The molecule has 0 aromatic rings. The molecule has 0 radical (unpaired) electrons. The minimum atomic E-state index is -0.0998. The summed E-state index contributed by atoms with van der Waals surface area (Å²) >= 11 is 0. The monoisotopic (exact) mass is 210 g/mol. The van der Waals surface area contributed by atoms with Crippen LogP contribution in [0.2, 0.25) is 0 Å². The van der Waals surface area contributed by atoms with Crippen molar-refractivity contribution in [3.8, 4) is 6.07 Å². The zero-order valence-corrected chi connectivity index (χ0v) is 9.65. The van der Waals surface area contributed by atoms with Gasteiger partial charge in [0.15, 0.2) is 0 Å². The SMILES string of the molecule is CN(CCCC#N)CC1CCCCC1O. The van der Waals surface area contributed by atoms with Gasteiger partial charge in [0.2, 0.25) is 0 Å². The molecular weight excluding hydrogens is 188 g/mol. The number of hydrogen-bond donors (Lipinski definition) is 1. The number of nitrogens with zero attached hydrogens (tertiary/aromatic N) is 2. The van der Waals surface area contributed by atoms with Gasteiger partial charge in [-0.05, 0) is 38.8 Å². The molecule has 1 aliphatic carbocycles. The minimum absolute atomic E-state index is 0.0998. The van der Waals surface area contributed by atoms with Crippen molar-refractivity contribution in [3.63, 3.8) is 0 Å². The zero-order chi connectivity index (χ0) is 11.1. The molecule has 0 heterocycles.